The van der Waals surface area contributed by atoms with Crippen molar-refractivity contribution < 1.29 is 8.91 Å². The highest BCUT2D eigenvalue weighted by molar-refractivity contribution is 5.92. The molecule has 0 aliphatic carbocycles. The fourth-order valence-corrected chi connectivity index (χ4v) is 3.78. The Balaban J connectivity index is 1.41. The van der Waals surface area contributed by atoms with E-state index in [1.54, 1.807) is 12.1 Å². The summed E-state index contributed by atoms with van der Waals surface area (Å²) in [5.74, 6) is 1.91. The van der Waals surface area contributed by atoms with E-state index in [9.17, 15) is 4.39 Å². The van der Waals surface area contributed by atoms with Crippen LogP contribution in [0.5, 0.6) is 0 Å². The minimum absolute atomic E-state index is 0.135. The molecular formula is C22H18FN4O. The molecule has 28 heavy (non-hydrogen) atoms. The summed E-state index contributed by atoms with van der Waals surface area (Å²) < 4.78 is 18.7. The number of aromatic nitrogens is 3. The van der Waals surface area contributed by atoms with Gasteiger partial charge in [-0.05, 0) is 48.6 Å². The molecule has 1 aliphatic heterocycles. The summed E-state index contributed by atoms with van der Waals surface area (Å²) in [5.41, 5.74) is 0.745. The largest absolute Gasteiger partial charge is 0.355 e. The summed E-state index contributed by atoms with van der Waals surface area (Å²) in [6.07, 6.45) is 5.01. The molecular weight excluding hydrogens is 355 g/mol. The molecule has 0 bridgehead atoms. The lowest BCUT2D eigenvalue weighted by atomic mass is 9.97. The Hall–Kier alpha value is -3.28. The van der Waals surface area contributed by atoms with Crippen molar-refractivity contribution >= 4 is 16.6 Å². The maximum Gasteiger partial charge on any atom is 0.231 e. The molecule has 0 N–H and O–H groups in total. The molecule has 1 atom stereocenters. The van der Waals surface area contributed by atoms with Crippen molar-refractivity contribution in [1.82, 2.24) is 15.1 Å². The topological polar surface area (TPSA) is 55.1 Å². The van der Waals surface area contributed by atoms with Crippen LogP contribution in [-0.4, -0.2) is 28.2 Å². The molecule has 0 unspecified atom stereocenters. The third kappa shape index (κ3) is 3.11. The normalized spacial score (nSPS) is 17.2. The number of hydrogen-bond acceptors (Lipinski definition) is 5. The van der Waals surface area contributed by atoms with Gasteiger partial charge in [0.05, 0.1) is 12.1 Å². The van der Waals surface area contributed by atoms with E-state index in [0.29, 0.717) is 11.7 Å². The number of fused-ring (bicyclic) bond motifs is 1. The van der Waals surface area contributed by atoms with Crippen LogP contribution in [0.3, 0.4) is 0 Å². The predicted molar refractivity (Wildman–Crippen MR) is 104 cm³/mol. The van der Waals surface area contributed by atoms with Gasteiger partial charge in [0.25, 0.3) is 0 Å². The van der Waals surface area contributed by atoms with Gasteiger partial charge < -0.3 is 9.42 Å². The van der Waals surface area contributed by atoms with Crippen LogP contribution in [0, 0.1) is 12.0 Å². The van der Waals surface area contributed by atoms with Gasteiger partial charge >= 0.3 is 0 Å². The average Bonchev–Trinajstić information content (AvgIpc) is 3.24. The number of anilines is 1. The SMILES string of the molecule is Fc1ccc(-c2noc([C@H]3CCCN(c4n[c]cc5ccccc45)C3)n2)cc1. The number of nitrogens with zero attached hydrogens (tertiary/aromatic N) is 4. The zero-order valence-electron chi connectivity index (χ0n) is 15.2. The van der Waals surface area contributed by atoms with Gasteiger partial charge in [-0.3, -0.25) is 0 Å². The van der Waals surface area contributed by atoms with Crippen LogP contribution in [0.2, 0.25) is 0 Å². The Morgan fingerprint density at radius 3 is 2.86 bits per heavy atom. The Morgan fingerprint density at radius 1 is 1.11 bits per heavy atom. The fraction of sp³-hybridized carbons (Fsp3) is 0.227. The molecule has 2 aromatic heterocycles. The van der Waals surface area contributed by atoms with Crippen LogP contribution >= 0.6 is 0 Å². The summed E-state index contributed by atoms with van der Waals surface area (Å²) in [7, 11) is 0. The van der Waals surface area contributed by atoms with Crippen molar-refractivity contribution in [3.63, 3.8) is 0 Å². The molecule has 1 aliphatic rings. The maximum atomic E-state index is 13.1. The minimum atomic E-state index is -0.283. The summed E-state index contributed by atoms with van der Waals surface area (Å²) >= 11 is 0. The molecule has 5 rings (SSSR count). The van der Waals surface area contributed by atoms with Gasteiger partial charge in [-0.15, -0.1) is 0 Å². The van der Waals surface area contributed by atoms with Crippen LogP contribution < -0.4 is 4.90 Å². The lowest BCUT2D eigenvalue weighted by Crippen LogP contribution is -2.35. The molecule has 1 saturated heterocycles. The van der Waals surface area contributed by atoms with E-state index in [-0.39, 0.29) is 11.7 Å². The Labute approximate surface area is 161 Å². The summed E-state index contributed by atoms with van der Waals surface area (Å²) in [6, 6.07) is 16.2. The highest BCUT2D eigenvalue weighted by Crippen LogP contribution is 2.32. The van der Waals surface area contributed by atoms with E-state index in [1.165, 1.54) is 12.1 Å². The second-order valence-corrected chi connectivity index (χ2v) is 7.04. The van der Waals surface area contributed by atoms with Crippen LogP contribution in [0.1, 0.15) is 24.7 Å². The van der Waals surface area contributed by atoms with E-state index in [0.717, 1.165) is 48.1 Å². The van der Waals surface area contributed by atoms with Crippen molar-refractivity contribution in [1.29, 1.82) is 0 Å². The van der Waals surface area contributed by atoms with E-state index in [2.05, 4.69) is 38.4 Å². The lowest BCUT2D eigenvalue weighted by Gasteiger charge is -2.32. The van der Waals surface area contributed by atoms with Gasteiger partial charge in [-0.2, -0.15) is 4.98 Å². The molecule has 0 saturated carbocycles. The van der Waals surface area contributed by atoms with Crippen LogP contribution in [0.15, 0.2) is 59.1 Å². The number of rotatable bonds is 3. The Bertz CT molecular complexity index is 1100. The number of benzene rings is 2. The molecule has 1 radical (unpaired) electrons. The molecule has 6 heteroatoms. The first-order valence-electron chi connectivity index (χ1n) is 9.38. The molecule has 0 amide bonds. The molecule has 2 aromatic carbocycles. The molecule has 5 nitrogen and oxygen atoms in total. The Morgan fingerprint density at radius 2 is 1.96 bits per heavy atom. The second-order valence-electron chi connectivity index (χ2n) is 7.04. The first kappa shape index (κ1) is 16.9. The van der Waals surface area contributed by atoms with E-state index >= 15 is 0 Å². The van der Waals surface area contributed by atoms with Gasteiger partial charge in [0.1, 0.15) is 11.6 Å². The molecule has 3 heterocycles. The van der Waals surface area contributed by atoms with Gasteiger partial charge in [-0.1, -0.05) is 29.4 Å². The monoisotopic (exact) mass is 373 g/mol. The summed E-state index contributed by atoms with van der Waals surface area (Å²) in [5, 5.41) is 6.35. The van der Waals surface area contributed by atoms with Gasteiger partial charge in [-0.25, -0.2) is 9.37 Å². The number of pyridine rings is 1. The van der Waals surface area contributed by atoms with E-state index < -0.39 is 0 Å². The zero-order chi connectivity index (χ0) is 18.9. The predicted octanol–water partition coefficient (Wildman–Crippen LogP) is 4.61. The average molecular weight is 373 g/mol. The van der Waals surface area contributed by atoms with E-state index in [4.69, 9.17) is 4.52 Å². The zero-order valence-corrected chi connectivity index (χ0v) is 15.2. The number of piperidine rings is 1. The van der Waals surface area contributed by atoms with Crippen LogP contribution in [0.25, 0.3) is 22.2 Å². The Kier molecular flexibility index (Phi) is 4.24. The molecule has 1 fully saturated rings. The van der Waals surface area contributed by atoms with Gasteiger partial charge in [0, 0.05) is 24.0 Å². The molecule has 0 spiro atoms. The maximum absolute atomic E-state index is 13.1. The number of halogens is 1. The molecule has 139 valence electrons. The minimum Gasteiger partial charge on any atom is -0.355 e. The van der Waals surface area contributed by atoms with Crippen molar-refractivity contribution in [3.05, 3.63) is 72.5 Å². The quantitative estimate of drug-likeness (QED) is 0.525. The lowest BCUT2D eigenvalue weighted by molar-refractivity contribution is 0.333. The third-order valence-corrected chi connectivity index (χ3v) is 5.21. The van der Waals surface area contributed by atoms with E-state index in [1.807, 2.05) is 18.2 Å². The van der Waals surface area contributed by atoms with Crippen LogP contribution in [0.4, 0.5) is 10.2 Å². The van der Waals surface area contributed by atoms with Crippen molar-refractivity contribution in [3.8, 4) is 11.4 Å². The van der Waals surface area contributed by atoms with Crippen molar-refractivity contribution in [2.45, 2.75) is 18.8 Å². The van der Waals surface area contributed by atoms with Crippen LogP contribution in [-0.2, 0) is 0 Å². The third-order valence-electron chi connectivity index (χ3n) is 5.21. The summed E-state index contributed by atoms with van der Waals surface area (Å²) in [4.78, 5) is 11.4. The van der Waals surface area contributed by atoms with Crippen molar-refractivity contribution in [2.24, 2.45) is 0 Å². The first-order chi connectivity index (χ1) is 13.8. The highest BCUT2D eigenvalue weighted by Gasteiger charge is 2.27. The standard InChI is InChI=1S/C22H18FN4O/c23-18-9-7-16(8-10-18)20-25-22(28-26-20)17-5-3-13-27(14-17)21-19-6-2-1-4-15(19)11-12-24-21/h1-2,4,6-11,17H,3,5,13-14H2/t17-/m0/s1. The van der Waals surface area contributed by atoms with Gasteiger partial charge in [0.15, 0.2) is 0 Å². The fourth-order valence-electron chi connectivity index (χ4n) is 3.78. The van der Waals surface area contributed by atoms with Gasteiger partial charge in [0.2, 0.25) is 11.7 Å². The second kappa shape index (κ2) is 7.03. The first-order valence-corrected chi connectivity index (χ1v) is 9.38. The number of hydrogen-bond donors (Lipinski definition) is 0. The summed E-state index contributed by atoms with van der Waals surface area (Å²) in [6.45, 7) is 1.70. The van der Waals surface area contributed by atoms with Crippen molar-refractivity contribution in [2.75, 3.05) is 18.0 Å². The smallest absolute Gasteiger partial charge is 0.231 e. The highest BCUT2D eigenvalue weighted by atomic mass is 19.1. The molecule has 4 aromatic rings.